The Hall–Kier alpha value is -3.28. The van der Waals surface area contributed by atoms with Crippen molar-refractivity contribution < 1.29 is 4.79 Å². The highest BCUT2D eigenvalue weighted by Gasteiger charge is 2.19. The molecule has 0 saturated carbocycles. The third kappa shape index (κ3) is 4.42. The molecular weight excluding hydrogens is 326 g/mol. The van der Waals surface area contributed by atoms with Crippen LogP contribution >= 0.6 is 0 Å². The van der Waals surface area contributed by atoms with E-state index in [1.54, 1.807) is 35.9 Å². The highest BCUT2D eigenvalue weighted by Crippen LogP contribution is 2.16. The summed E-state index contributed by atoms with van der Waals surface area (Å²) in [7, 11) is 3.88. The van der Waals surface area contributed by atoms with E-state index in [9.17, 15) is 4.79 Å². The van der Waals surface area contributed by atoms with Crippen LogP contribution in [0.2, 0.25) is 0 Å². The number of nitrogens with zero attached hydrogens (tertiary/aromatic N) is 5. The van der Waals surface area contributed by atoms with E-state index in [0.717, 1.165) is 16.8 Å². The highest BCUT2D eigenvalue weighted by atomic mass is 16.2. The molecule has 3 rings (SSSR count). The monoisotopic (exact) mass is 347 g/mol. The average Bonchev–Trinajstić information content (AvgIpc) is 2.68. The van der Waals surface area contributed by atoms with E-state index < -0.39 is 0 Å². The maximum absolute atomic E-state index is 13.1. The number of carbonyl (C=O) groups excluding carboxylic acids is 1. The predicted octanol–water partition coefficient (Wildman–Crippen LogP) is 2.78. The first kappa shape index (κ1) is 17.5. The van der Waals surface area contributed by atoms with Crippen LogP contribution in [0.4, 0.5) is 5.69 Å². The first-order chi connectivity index (χ1) is 12.6. The minimum atomic E-state index is -0.116. The van der Waals surface area contributed by atoms with Gasteiger partial charge in [-0.2, -0.15) is 0 Å². The van der Waals surface area contributed by atoms with Crippen LogP contribution in [0.1, 0.15) is 21.6 Å². The van der Waals surface area contributed by atoms with Crippen LogP contribution in [0.15, 0.2) is 67.4 Å². The van der Waals surface area contributed by atoms with E-state index in [1.165, 1.54) is 0 Å². The lowest BCUT2D eigenvalue weighted by atomic mass is 10.2. The summed E-state index contributed by atoms with van der Waals surface area (Å²) in [6.07, 6.45) is 8.62. The summed E-state index contributed by atoms with van der Waals surface area (Å²) in [5.41, 5.74) is 3.35. The van der Waals surface area contributed by atoms with Crippen molar-refractivity contribution in [2.45, 2.75) is 13.1 Å². The maximum atomic E-state index is 13.1. The number of pyridine rings is 3. The SMILES string of the molecule is CN(C)c1ccnc(C(=O)N(Cc2ccncc2)Cc2cccnc2)c1. The molecule has 0 atom stereocenters. The predicted molar refractivity (Wildman–Crippen MR) is 101 cm³/mol. The van der Waals surface area contributed by atoms with Gasteiger partial charge in [0.05, 0.1) is 0 Å². The number of rotatable bonds is 6. The van der Waals surface area contributed by atoms with E-state index in [4.69, 9.17) is 0 Å². The summed E-state index contributed by atoms with van der Waals surface area (Å²) in [5.74, 6) is -0.116. The quantitative estimate of drug-likeness (QED) is 0.686. The molecule has 0 aliphatic rings. The normalized spacial score (nSPS) is 10.4. The van der Waals surface area contributed by atoms with Crippen molar-refractivity contribution in [3.63, 3.8) is 0 Å². The molecule has 3 aromatic rings. The Labute approximate surface area is 153 Å². The fourth-order valence-corrected chi connectivity index (χ4v) is 2.60. The van der Waals surface area contributed by atoms with Crippen LogP contribution in [0.3, 0.4) is 0 Å². The minimum Gasteiger partial charge on any atom is -0.378 e. The molecule has 0 aliphatic carbocycles. The summed E-state index contributed by atoms with van der Waals surface area (Å²) < 4.78 is 0. The van der Waals surface area contributed by atoms with Crippen molar-refractivity contribution in [3.8, 4) is 0 Å². The first-order valence-electron chi connectivity index (χ1n) is 8.34. The van der Waals surface area contributed by atoms with Gasteiger partial charge in [0.2, 0.25) is 0 Å². The van der Waals surface area contributed by atoms with Gasteiger partial charge in [0, 0.05) is 63.9 Å². The second kappa shape index (κ2) is 8.20. The molecule has 0 aliphatic heterocycles. The van der Waals surface area contributed by atoms with E-state index >= 15 is 0 Å². The molecule has 0 fully saturated rings. The van der Waals surface area contributed by atoms with Gasteiger partial charge < -0.3 is 9.80 Å². The Balaban J connectivity index is 1.88. The standard InChI is InChI=1S/C20H21N5O/c1-24(2)18-7-11-23-19(12-18)20(26)25(14-16-5-9-21-10-6-16)15-17-4-3-8-22-13-17/h3-13H,14-15H2,1-2H3. The third-order valence-corrected chi connectivity index (χ3v) is 3.99. The van der Waals surface area contributed by atoms with Crippen molar-refractivity contribution in [1.29, 1.82) is 0 Å². The number of hydrogen-bond acceptors (Lipinski definition) is 5. The molecule has 132 valence electrons. The van der Waals surface area contributed by atoms with Gasteiger partial charge in [0.1, 0.15) is 5.69 Å². The van der Waals surface area contributed by atoms with E-state index in [0.29, 0.717) is 18.8 Å². The van der Waals surface area contributed by atoms with Gasteiger partial charge in [-0.1, -0.05) is 6.07 Å². The molecule has 0 aromatic carbocycles. The Bertz CT molecular complexity index is 811. The Morgan fingerprint density at radius 1 is 0.923 bits per heavy atom. The lowest BCUT2D eigenvalue weighted by Gasteiger charge is -2.23. The van der Waals surface area contributed by atoms with Gasteiger partial charge in [-0.3, -0.25) is 19.7 Å². The Kier molecular flexibility index (Phi) is 5.53. The molecule has 3 heterocycles. The second-order valence-electron chi connectivity index (χ2n) is 6.17. The fraction of sp³-hybridized carbons (Fsp3) is 0.200. The minimum absolute atomic E-state index is 0.116. The van der Waals surface area contributed by atoms with Gasteiger partial charge in [0.15, 0.2) is 0 Å². The smallest absolute Gasteiger partial charge is 0.273 e. The summed E-state index contributed by atoms with van der Waals surface area (Å²) in [6.45, 7) is 0.937. The van der Waals surface area contributed by atoms with Crippen molar-refractivity contribution in [2.75, 3.05) is 19.0 Å². The summed E-state index contributed by atoms with van der Waals surface area (Å²) in [5, 5.41) is 0. The third-order valence-electron chi connectivity index (χ3n) is 3.99. The molecule has 0 unspecified atom stereocenters. The maximum Gasteiger partial charge on any atom is 0.273 e. The number of amides is 1. The molecule has 0 radical (unpaired) electrons. The molecule has 6 nitrogen and oxygen atoms in total. The number of carbonyl (C=O) groups is 1. The molecule has 0 bridgehead atoms. The molecule has 0 spiro atoms. The summed E-state index contributed by atoms with van der Waals surface area (Å²) >= 11 is 0. The molecule has 1 amide bonds. The van der Waals surface area contributed by atoms with Crippen LogP contribution in [0.5, 0.6) is 0 Å². The van der Waals surface area contributed by atoms with Crippen LogP contribution in [0.25, 0.3) is 0 Å². The molecular formula is C20H21N5O. The van der Waals surface area contributed by atoms with Gasteiger partial charge in [-0.25, -0.2) is 0 Å². The molecule has 0 saturated heterocycles. The zero-order valence-electron chi connectivity index (χ0n) is 14.9. The Morgan fingerprint density at radius 3 is 2.38 bits per heavy atom. The van der Waals surface area contributed by atoms with Gasteiger partial charge in [-0.15, -0.1) is 0 Å². The topological polar surface area (TPSA) is 62.2 Å². The zero-order valence-corrected chi connectivity index (χ0v) is 14.9. The molecule has 6 heteroatoms. The second-order valence-corrected chi connectivity index (χ2v) is 6.17. The average molecular weight is 347 g/mol. The van der Waals surface area contributed by atoms with Crippen molar-refractivity contribution in [3.05, 3.63) is 84.2 Å². The summed E-state index contributed by atoms with van der Waals surface area (Å²) in [6, 6.07) is 11.3. The van der Waals surface area contributed by atoms with Gasteiger partial charge in [-0.05, 0) is 41.5 Å². The lowest BCUT2D eigenvalue weighted by Crippen LogP contribution is -2.31. The number of aromatic nitrogens is 3. The largest absolute Gasteiger partial charge is 0.378 e. The Morgan fingerprint density at radius 2 is 1.69 bits per heavy atom. The van der Waals surface area contributed by atoms with Crippen molar-refractivity contribution >= 4 is 11.6 Å². The lowest BCUT2D eigenvalue weighted by molar-refractivity contribution is 0.0724. The van der Waals surface area contributed by atoms with Crippen LogP contribution < -0.4 is 4.90 Å². The first-order valence-corrected chi connectivity index (χ1v) is 8.34. The van der Waals surface area contributed by atoms with Crippen LogP contribution in [-0.2, 0) is 13.1 Å². The van der Waals surface area contributed by atoms with E-state index in [-0.39, 0.29) is 5.91 Å². The van der Waals surface area contributed by atoms with E-state index in [1.807, 2.05) is 55.4 Å². The van der Waals surface area contributed by atoms with Gasteiger partial charge in [0.25, 0.3) is 5.91 Å². The van der Waals surface area contributed by atoms with Crippen LogP contribution in [0, 0.1) is 0 Å². The number of anilines is 1. The molecule has 3 aromatic heterocycles. The van der Waals surface area contributed by atoms with Crippen LogP contribution in [-0.4, -0.2) is 39.9 Å². The zero-order chi connectivity index (χ0) is 18.4. The van der Waals surface area contributed by atoms with Crippen molar-refractivity contribution in [1.82, 2.24) is 19.9 Å². The fourth-order valence-electron chi connectivity index (χ4n) is 2.60. The highest BCUT2D eigenvalue weighted by molar-refractivity contribution is 5.93. The molecule has 0 N–H and O–H groups in total. The van der Waals surface area contributed by atoms with Crippen molar-refractivity contribution in [2.24, 2.45) is 0 Å². The number of hydrogen-bond donors (Lipinski definition) is 0. The van der Waals surface area contributed by atoms with E-state index in [2.05, 4.69) is 15.0 Å². The summed E-state index contributed by atoms with van der Waals surface area (Å²) in [4.78, 5) is 29.3. The molecule has 26 heavy (non-hydrogen) atoms. The van der Waals surface area contributed by atoms with Gasteiger partial charge >= 0.3 is 0 Å².